The lowest BCUT2D eigenvalue weighted by atomic mass is 9.98. The first-order valence-electron chi connectivity index (χ1n) is 4.87. The summed E-state index contributed by atoms with van der Waals surface area (Å²) in [4.78, 5) is 0. The molecule has 74 valence electrons. The molecule has 0 radical (unpaired) electrons. The normalized spacial score (nSPS) is 16.0. The highest BCUT2D eigenvalue weighted by molar-refractivity contribution is 4.60. The summed E-state index contributed by atoms with van der Waals surface area (Å²) < 4.78 is 4.97. The van der Waals surface area contributed by atoms with Crippen molar-refractivity contribution in [3.05, 3.63) is 0 Å². The van der Waals surface area contributed by atoms with E-state index < -0.39 is 0 Å². The molecular formula is C10H22O2. The summed E-state index contributed by atoms with van der Waals surface area (Å²) >= 11 is 0. The standard InChI is InChI=1S/C10H22O2/c1-4-5-10(11)8-9(2)6-7-12-3/h9-11H,4-8H2,1-3H3. The molecule has 0 aromatic carbocycles. The van der Waals surface area contributed by atoms with Gasteiger partial charge in [0.2, 0.25) is 0 Å². The van der Waals surface area contributed by atoms with E-state index in [0.717, 1.165) is 32.3 Å². The van der Waals surface area contributed by atoms with Crippen LogP contribution < -0.4 is 0 Å². The minimum atomic E-state index is -0.109. The monoisotopic (exact) mass is 174 g/mol. The smallest absolute Gasteiger partial charge is 0.0542 e. The van der Waals surface area contributed by atoms with Crippen LogP contribution in [0.2, 0.25) is 0 Å². The summed E-state index contributed by atoms with van der Waals surface area (Å²) in [5, 5.41) is 9.48. The van der Waals surface area contributed by atoms with Crippen molar-refractivity contribution in [2.45, 2.75) is 45.6 Å². The molecule has 0 saturated heterocycles. The van der Waals surface area contributed by atoms with E-state index in [1.807, 2.05) is 0 Å². The molecule has 0 spiro atoms. The third-order valence-electron chi connectivity index (χ3n) is 2.11. The molecule has 0 aliphatic rings. The van der Waals surface area contributed by atoms with Gasteiger partial charge in [0.05, 0.1) is 6.10 Å². The zero-order valence-electron chi connectivity index (χ0n) is 8.55. The summed E-state index contributed by atoms with van der Waals surface area (Å²) in [5.41, 5.74) is 0. The van der Waals surface area contributed by atoms with Gasteiger partial charge in [-0.05, 0) is 25.2 Å². The van der Waals surface area contributed by atoms with E-state index >= 15 is 0 Å². The average molecular weight is 174 g/mol. The Morgan fingerprint density at radius 3 is 2.50 bits per heavy atom. The first kappa shape index (κ1) is 11.9. The second kappa shape index (κ2) is 7.56. The average Bonchev–Trinajstić information content (AvgIpc) is 2.01. The number of aliphatic hydroxyl groups is 1. The molecule has 0 bridgehead atoms. The summed E-state index contributed by atoms with van der Waals surface area (Å²) in [7, 11) is 1.72. The molecule has 0 aliphatic carbocycles. The predicted octanol–water partition coefficient (Wildman–Crippen LogP) is 2.21. The van der Waals surface area contributed by atoms with Crippen molar-refractivity contribution in [2.75, 3.05) is 13.7 Å². The minimum Gasteiger partial charge on any atom is -0.393 e. The molecule has 0 aromatic heterocycles. The highest BCUT2D eigenvalue weighted by Gasteiger charge is 2.08. The fraction of sp³-hybridized carbons (Fsp3) is 1.00. The van der Waals surface area contributed by atoms with Crippen LogP contribution in [0, 0.1) is 5.92 Å². The number of ether oxygens (including phenoxy) is 1. The Bertz CT molecular complexity index is 93.8. The molecule has 2 heteroatoms. The van der Waals surface area contributed by atoms with Crippen molar-refractivity contribution in [1.29, 1.82) is 0 Å². The van der Waals surface area contributed by atoms with Gasteiger partial charge in [-0.3, -0.25) is 0 Å². The Balaban J connectivity index is 3.33. The summed E-state index contributed by atoms with van der Waals surface area (Å²) in [5.74, 6) is 0.575. The molecule has 0 saturated carbocycles. The fourth-order valence-corrected chi connectivity index (χ4v) is 1.35. The van der Waals surface area contributed by atoms with Gasteiger partial charge in [0, 0.05) is 13.7 Å². The number of hydrogen-bond acceptors (Lipinski definition) is 2. The van der Waals surface area contributed by atoms with Crippen molar-refractivity contribution in [1.82, 2.24) is 0 Å². The lowest BCUT2D eigenvalue weighted by molar-refractivity contribution is 0.119. The van der Waals surface area contributed by atoms with E-state index in [-0.39, 0.29) is 6.10 Å². The Morgan fingerprint density at radius 2 is 2.00 bits per heavy atom. The van der Waals surface area contributed by atoms with Crippen molar-refractivity contribution in [3.8, 4) is 0 Å². The Hall–Kier alpha value is -0.0800. The lowest BCUT2D eigenvalue weighted by Gasteiger charge is -2.15. The predicted molar refractivity (Wildman–Crippen MR) is 51.2 cm³/mol. The van der Waals surface area contributed by atoms with Gasteiger partial charge in [0.15, 0.2) is 0 Å². The molecule has 2 unspecified atom stereocenters. The van der Waals surface area contributed by atoms with Crippen LogP contribution >= 0.6 is 0 Å². The molecule has 0 rings (SSSR count). The second-order valence-electron chi connectivity index (χ2n) is 3.56. The Kier molecular flexibility index (Phi) is 7.51. The molecule has 0 amide bonds. The van der Waals surface area contributed by atoms with Gasteiger partial charge in [0.25, 0.3) is 0 Å². The van der Waals surface area contributed by atoms with E-state index in [0.29, 0.717) is 5.92 Å². The van der Waals surface area contributed by atoms with Crippen LogP contribution in [0.25, 0.3) is 0 Å². The van der Waals surface area contributed by atoms with Crippen LogP contribution in [0.15, 0.2) is 0 Å². The van der Waals surface area contributed by atoms with E-state index in [2.05, 4.69) is 13.8 Å². The molecular weight excluding hydrogens is 152 g/mol. The number of hydrogen-bond donors (Lipinski definition) is 1. The molecule has 0 heterocycles. The molecule has 2 nitrogen and oxygen atoms in total. The van der Waals surface area contributed by atoms with Gasteiger partial charge in [-0.25, -0.2) is 0 Å². The highest BCUT2D eigenvalue weighted by atomic mass is 16.5. The van der Waals surface area contributed by atoms with Crippen molar-refractivity contribution in [3.63, 3.8) is 0 Å². The van der Waals surface area contributed by atoms with Crippen LogP contribution in [-0.2, 0) is 4.74 Å². The Morgan fingerprint density at radius 1 is 1.33 bits per heavy atom. The first-order chi connectivity index (χ1) is 5.70. The van der Waals surface area contributed by atoms with Crippen LogP contribution in [-0.4, -0.2) is 24.9 Å². The molecule has 1 N–H and O–H groups in total. The number of methoxy groups -OCH3 is 1. The quantitative estimate of drug-likeness (QED) is 0.641. The van der Waals surface area contributed by atoms with E-state index in [1.165, 1.54) is 0 Å². The van der Waals surface area contributed by atoms with Crippen LogP contribution in [0.3, 0.4) is 0 Å². The lowest BCUT2D eigenvalue weighted by Crippen LogP contribution is -2.12. The second-order valence-corrected chi connectivity index (χ2v) is 3.56. The minimum absolute atomic E-state index is 0.109. The molecule has 0 fully saturated rings. The third-order valence-corrected chi connectivity index (χ3v) is 2.11. The van der Waals surface area contributed by atoms with E-state index in [9.17, 15) is 5.11 Å². The maximum absolute atomic E-state index is 9.48. The zero-order valence-corrected chi connectivity index (χ0v) is 8.55. The van der Waals surface area contributed by atoms with Crippen LogP contribution in [0.1, 0.15) is 39.5 Å². The van der Waals surface area contributed by atoms with Crippen molar-refractivity contribution < 1.29 is 9.84 Å². The number of rotatable bonds is 7. The van der Waals surface area contributed by atoms with E-state index in [1.54, 1.807) is 7.11 Å². The van der Waals surface area contributed by atoms with Gasteiger partial charge in [-0.2, -0.15) is 0 Å². The van der Waals surface area contributed by atoms with Gasteiger partial charge in [-0.15, -0.1) is 0 Å². The maximum Gasteiger partial charge on any atom is 0.0542 e. The third kappa shape index (κ3) is 6.62. The van der Waals surface area contributed by atoms with E-state index in [4.69, 9.17) is 4.74 Å². The summed E-state index contributed by atoms with van der Waals surface area (Å²) in [6.45, 7) is 5.07. The highest BCUT2D eigenvalue weighted by Crippen LogP contribution is 2.13. The van der Waals surface area contributed by atoms with Gasteiger partial charge in [-0.1, -0.05) is 20.3 Å². The first-order valence-corrected chi connectivity index (χ1v) is 4.87. The maximum atomic E-state index is 9.48. The molecule has 0 aromatic rings. The SMILES string of the molecule is CCCC(O)CC(C)CCOC. The van der Waals surface area contributed by atoms with Gasteiger partial charge >= 0.3 is 0 Å². The van der Waals surface area contributed by atoms with Gasteiger partial charge < -0.3 is 9.84 Å². The molecule has 2 atom stereocenters. The summed E-state index contributed by atoms with van der Waals surface area (Å²) in [6, 6.07) is 0. The van der Waals surface area contributed by atoms with Crippen molar-refractivity contribution >= 4 is 0 Å². The fourth-order valence-electron chi connectivity index (χ4n) is 1.35. The Labute approximate surface area is 75.9 Å². The van der Waals surface area contributed by atoms with Crippen LogP contribution in [0.5, 0.6) is 0 Å². The van der Waals surface area contributed by atoms with Crippen LogP contribution in [0.4, 0.5) is 0 Å². The van der Waals surface area contributed by atoms with Crippen molar-refractivity contribution in [2.24, 2.45) is 5.92 Å². The summed E-state index contributed by atoms with van der Waals surface area (Å²) in [6.07, 6.45) is 3.85. The molecule has 12 heavy (non-hydrogen) atoms. The number of aliphatic hydroxyl groups excluding tert-OH is 1. The largest absolute Gasteiger partial charge is 0.393 e. The molecule has 0 aliphatic heterocycles. The van der Waals surface area contributed by atoms with Gasteiger partial charge in [0.1, 0.15) is 0 Å². The zero-order chi connectivity index (χ0) is 9.40. The topological polar surface area (TPSA) is 29.5 Å².